The standard InChI is InChI=1S/C11H20BrN5O2S/c1-10(2)8(13)11(3,4)9(10)15-20(18,19)7-6(12)14-16-17(7)5/h8-9,15H,13H2,1-5H3. The summed E-state index contributed by atoms with van der Waals surface area (Å²) < 4.78 is 29.3. The molecular weight excluding hydrogens is 346 g/mol. The van der Waals surface area contributed by atoms with E-state index in [9.17, 15) is 8.42 Å². The van der Waals surface area contributed by atoms with Crippen LogP contribution < -0.4 is 10.5 Å². The maximum Gasteiger partial charge on any atom is 0.260 e. The molecule has 0 bridgehead atoms. The summed E-state index contributed by atoms with van der Waals surface area (Å²) in [6, 6.07) is -0.326. The highest BCUT2D eigenvalue weighted by atomic mass is 79.9. The summed E-state index contributed by atoms with van der Waals surface area (Å²) in [6.07, 6.45) is 0. The molecule has 9 heteroatoms. The number of hydrogen-bond donors (Lipinski definition) is 2. The molecule has 1 aliphatic carbocycles. The van der Waals surface area contributed by atoms with Crippen molar-refractivity contribution in [2.75, 3.05) is 0 Å². The average molecular weight is 366 g/mol. The van der Waals surface area contributed by atoms with Crippen molar-refractivity contribution in [3.63, 3.8) is 0 Å². The topological polar surface area (TPSA) is 103 Å². The Bertz CT molecular complexity index is 602. The highest BCUT2D eigenvalue weighted by Crippen LogP contribution is 2.53. The lowest BCUT2D eigenvalue weighted by Gasteiger charge is -2.62. The Labute approximate surface area is 127 Å². The Balaban J connectivity index is 2.35. The van der Waals surface area contributed by atoms with E-state index >= 15 is 0 Å². The molecule has 0 aliphatic heterocycles. The Morgan fingerprint density at radius 2 is 1.80 bits per heavy atom. The first-order valence-electron chi connectivity index (χ1n) is 6.25. The smallest absolute Gasteiger partial charge is 0.260 e. The van der Waals surface area contributed by atoms with Gasteiger partial charge >= 0.3 is 0 Å². The van der Waals surface area contributed by atoms with Crippen molar-refractivity contribution < 1.29 is 8.42 Å². The zero-order valence-corrected chi connectivity index (χ0v) is 14.6. The van der Waals surface area contributed by atoms with Crippen molar-refractivity contribution in [3.8, 4) is 0 Å². The monoisotopic (exact) mass is 365 g/mol. The third-order valence-corrected chi connectivity index (χ3v) is 6.67. The summed E-state index contributed by atoms with van der Waals surface area (Å²) >= 11 is 3.11. The number of aryl methyl sites for hydroxylation is 1. The molecule has 0 atom stereocenters. The van der Waals surface area contributed by atoms with Crippen LogP contribution in [0.2, 0.25) is 0 Å². The minimum atomic E-state index is -3.72. The first-order chi connectivity index (χ1) is 8.92. The molecule has 114 valence electrons. The lowest BCUT2D eigenvalue weighted by molar-refractivity contribution is -0.0594. The van der Waals surface area contributed by atoms with Crippen molar-refractivity contribution in [2.45, 2.75) is 44.8 Å². The number of aromatic nitrogens is 3. The number of nitrogens with zero attached hydrogens (tertiary/aromatic N) is 3. The Kier molecular flexibility index (Phi) is 3.56. The molecule has 20 heavy (non-hydrogen) atoms. The van der Waals surface area contributed by atoms with Crippen LogP contribution in [0.5, 0.6) is 0 Å². The van der Waals surface area contributed by atoms with Crippen molar-refractivity contribution >= 4 is 26.0 Å². The van der Waals surface area contributed by atoms with Gasteiger partial charge in [0, 0.05) is 19.1 Å². The van der Waals surface area contributed by atoms with E-state index in [1.165, 1.54) is 11.7 Å². The van der Waals surface area contributed by atoms with E-state index in [0.29, 0.717) is 0 Å². The molecular formula is C11H20BrN5O2S. The van der Waals surface area contributed by atoms with Crippen molar-refractivity contribution in [1.82, 2.24) is 19.7 Å². The average Bonchev–Trinajstić information content (AvgIpc) is 2.65. The van der Waals surface area contributed by atoms with Crippen LogP contribution in [-0.4, -0.2) is 35.5 Å². The minimum absolute atomic E-state index is 0.0181. The first kappa shape index (κ1) is 15.9. The number of nitrogens with two attached hydrogens (primary N) is 1. The normalized spacial score (nSPS) is 28.1. The van der Waals surface area contributed by atoms with Crippen LogP contribution >= 0.6 is 15.9 Å². The second-order valence-electron chi connectivity index (χ2n) is 6.48. The van der Waals surface area contributed by atoms with Gasteiger partial charge in [-0.3, -0.25) is 0 Å². The summed E-state index contributed by atoms with van der Waals surface area (Å²) in [5.74, 6) is 0. The largest absolute Gasteiger partial charge is 0.327 e. The SMILES string of the molecule is Cn1nnc(Br)c1S(=O)(=O)NC1C(C)(C)C(N)C1(C)C. The predicted octanol–water partition coefficient (Wildman–Crippen LogP) is 0.618. The van der Waals surface area contributed by atoms with Gasteiger partial charge < -0.3 is 5.73 Å². The summed E-state index contributed by atoms with van der Waals surface area (Å²) in [6.45, 7) is 7.86. The Hall–Kier alpha value is -0.510. The van der Waals surface area contributed by atoms with Gasteiger partial charge in [-0.25, -0.2) is 17.8 Å². The Morgan fingerprint density at radius 1 is 1.30 bits per heavy atom. The second kappa shape index (κ2) is 4.49. The van der Waals surface area contributed by atoms with E-state index in [4.69, 9.17) is 5.73 Å². The molecule has 1 fully saturated rings. The molecule has 0 aromatic carbocycles. The highest BCUT2D eigenvalue weighted by Gasteiger charge is 2.61. The third kappa shape index (κ3) is 2.11. The maximum atomic E-state index is 12.5. The second-order valence-corrected chi connectivity index (χ2v) is 8.86. The molecule has 0 amide bonds. The summed E-state index contributed by atoms with van der Waals surface area (Å²) in [5.41, 5.74) is 5.53. The molecule has 0 spiro atoms. The molecule has 3 N–H and O–H groups in total. The van der Waals surface area contributed by atoms with Crippen LogP contribution in [0.4, 0.5) is 0 Å². The summed E-state index contributed by atoms with van der Waals surface area (Å²) in [4.78, 5) is 0. The van der Waals surface area contributed by atoms with E-state index in [-0.39, 0.29) is 32.5 Å². The van der Waals surface area contributed by atoms with Crippen LogP contribution in [0.15, 0.2) is 9.63 Å². The van der Waals surface area contributed by atoms with E-state index in [0.717, 1.165) is 0 Å². The predicted molar refractivity (Wildman–Crippen MR) is 78.3 cm³/mol. The van der Waals surface area contributed by atoms with E-state index in [1.807, 2.05) is 27.7 Å². The minimum Gasteiger partial charge on any atom is -0.327 e. The number of nitrogens with one attached hydrogen (secondary N) is 1. The third-order valence-electron chi connectivity index (χ3n) is 4.36. The van der Waals surface area contributed by atoms with Gasteiger partial charge in [0.25, 0.3) is 10.0 Å². The van der Waals surface area contributed by atoms with Crippen LogP contribution in [0.25, 0.3) is 0 Å². The van der Waals surface area contributed by atoms with E-state index in [1.54, 1.807) is 0 Å². The maximum absolute atomic E-state index is 12.5. The van der Waals surface area contributed by atoms with Gasteiger partial charge in [0.2, 0.25) is 5.03 Å². The lowest BCUT2D eigenvalue weighted by Crippen LogP contribution is -2.76. The van der Waals surface area contributed by atoms with Crippen LogP contribution in [0.1, 0.15) is 27.7 Å². The van der Waals surface area contributed by atoms with Crippen LogP contribution in [0, 0.1) is 10.8 Å². The summed E-state index contributed by atoms with van der Waals surface area (Å²) in [7, 11) is -2.18. The van der Waals surface area contributed by atoms with Gasteiger partial charge in [0.1, 0.15) is 0 Å². The van der Waals surface area contributed by atoms with Gasteiger partial charge in [0.15, 0.2) is 4.60 Å². The van der Waals surface area contributed by atoms with Crippen molar-refractivity contribution in [1.29, 1.82) is 0 Å². The number of hydrogen-bond acceptors (Lipinski definition) is 5. The fourth-order valence-corrected chi connectivity index (χ4v) is 5.95. The fraction of sp³-hybridized carbons (Fsp3) is 0.818. The molecule has 1 aliphatic rings. The quantitative estimate of drug-likeness (QED) is 0.816. The highest BCUT2D eigenvalue weighted by molar-refractivity contribution is 9.10. The lowest BCUT2D eigenvalue weighted by atomic mass is 9.49. The van der Waals surface area contributed by atoms with Gasteiger partial charge in [0.05, 0.1) is 0 Å². The van der Waals surface area contributed by atoms with Crippen molar-refractivity contribution in [3.05, 3.63) is 4.60 Å². The summed E-state index contributed by atoms with van der Waals surface area (Å²) in [5, 5.41) is 7.42. The van der Waals surface area contributed by atoms with Gasteiger partial charge in [-0.05, 0) is 26.8 Å². The molecule has 1 heterocycles. The molecule has 0 unspecified atom stereocenters. The van der Waals surface area contributed by atoms with Gasteiger partial charge in [-0.15, -0.1) is 5.10 Å². The molecule has 2 rings (SSSR count). The zero-order chi connectivity index (χ0) is 15.5. The van der Waals surface area contributed by atoms with E-state index in [2.05, 4.69) is 31.0 Å². The first-order valence-corrected chi connectivity index (χ1v) is 8.53. The van der Waals surface area contributed by atoms with E-state index < -0.39 is 10.0 Å². The molecule has 1 aromatic rings. The molecule has 1 aromatic heterocycles. The van der Waals surface area contributed by atoms with Crippen LogP contribution in [-0.2, 0) is 17.1 Å². The Morgan fingerprint density at radius 3 is 2.20 bits per heavy atom. The number of sulfonamides is 1. The molecule has 0 saturated heterocycles. The zero-order valence-electron chi connectivity index (χ0n) is 12.2. The number of halogens is 1. The van der Waals surface area contributed by atoms with Gasteiger partial charge in [-0.2, -0.15) is 0 Å². The number of rotatable bonds is 3. The fourth-order valence-electron chi connectivity index (χ4n) is 3.30. The van der Waals surface area contributed by atoms with Crippen LogP contribution in [0.3, 0.4) is 0 Å². The molecule has 1 saturated carbocycles. The molecule has 0 radical (unpaired) electrons. The van der Waals surface area contributed by atoms with Gasteiger partial charge in [-0.1, -0.05) is 32.9 Å². The van der Waals surface area contributed by atoms with Crippen molar-refractivity contribution in [2.24, 2.45) is 23.6 Å². The molecule has 7 nitrogen and oxygen atoms in total.